The van der Waals surface area contributed by atoms with Gasteiger partial charge in [0, 0.05) is 31.5 Å². The topological polar surface area (TPSA) is 104 Å². The molecule has 0 aliphatic carbocycles. The normalized spacial score (nSPS) is 13.0. The van der Waals surface area contributed by atoms with E-state index in [9.17, 15) is 9.59 Å². The van der Waals surface area contributed by atoms with Crippen LogP contribution in [0.2, 0.25) is 0 Å². The van der Waals surface area contributed by atoms with Gasteiger partial charge in [-0.1, -0.05) is 0 Å². The monoisotopic (exact) mass is 460 g/mol. The maximum absolute atomic E-state index is 12.4. The van der Waals surface area contributed by atoms with Crippen LogP contribution in [0.25, 0.3) is 22.4 Å². The first-order chi connectivity index (χ1) is 16.3. The number of pyridine rings is 1. The fourth-order valence-corrected chi connectivity index (χ4v) is 4.43. The van der Waals surface area contributed by atoms with Crippen molar-refractivity contribution in [1.29, 1.82) is 0 Å². The Morgan fingerprint density at radius 1 is 1.06 bits per heavy atom. The molecule has 4 aromatic rings. The van der Waals surface area contributed by atoms with Gasteiger partial charge in [0.25, 0.3) is 0 Å². The number of rotatable bonds is 3. The van der Waals surface area contributed by atoms with Gasteiger partial charge >= 0.3 is 11.7 Å². The molecule has 4 heterocycles. The number of carbonyl (C=O) groups is 1. The number of hydrogen-bond acceptors (Lipinski definition) is 8. The molecule has 3 aromatic heterocycles. The van der Waals surface area contributed by atoms with E-state index in [0.717, 1.165) is 28.0 Å². The quantitative estimate of drug-likeness (QED) is 0.430. The summed E-state index contributed by atoms with van der Waals surface area (Å²) in [6, 6.07) is 5.87. The van der Waals surface area contributed by atoms with E-state index in [2.05, 4.69) is 25.9 Å². The number of carbonyl (C=O) groups excluding carboxylic acids is 1. The number of anilines is 2. The maximum Gasteiger partial charge on any atom is 0.356 e. The predicted octanol–water partition coefficient (Wildman–Crippen LogP) is 2.66. The number of ether oxygens (including phenoxy) is 2. The molecule has 0 radical (unpaired) electrons. The molecule has 1 aliphatic heterocycles. The van der Waals surface area contributed by atoms with E-state index in [1.807, 2.05) is 13.0 Å². The number of imidazole rings is 1. The summed E-state index contributed by atoms with van der Waals surface area (Å²) >= 11 is 0. The maximum atomic E-state index is 12.4. The van der Waals surface area contributed by atoms with Crippen LogP contribution < -0.4 is 15.3 Å². The third-order valence-electron chi connectivity index (χ3n) is 6.14. The molecule has 0 fully saturated rings. The molecule has 0 spiro atoms. The molecule has 174 valence electrons. The Morgan fingerprint density at radius 2 is 1.85 bits per heavy atom. The van der Waals surface area contributed by atoms with Crippen molar-refractivity contribution < 1.29 is 14.3 Å². The van der Waals surface area contributed by atoms with Crippen LogP contribution in [0.1, 0.15) is 21.6 Å². The summed E-state index contributed by atoms with van der Waals surface area (Å²) in [5.74, 6) is 0.424. The largest absolute Gasteiger partial charge is 0.474 e. The van der Waals surface area contributed by atoms with Crippen LogP contribution in [0.5, 0.6) is 5.88 Å². The van der Waals surface area contributed by atoms with Crippen LogP contribution in [-0.2, 0) is 18.8 Å². The minimum Gasteiger partial charge on any atom is -0.474 e. The van der Waals surface area contributed by atoms with Gasteiger partial charge in [-0.25, -0.2) is 19.6 Å². The summed E-state index contributed by atoms with van der Waals surface area (Å²) < 4.78 is 13.9. The molecular formula is C24H24N6O4. The second kappa shape index (κ2) is 7.98. The molecule has 0 amide bonds. The first kappa shape index (κ1) is 21.6. The van der Waals surface area contributed by atoms with Crippen LogP contribution in [0.3, 0.4) is 0 Å². The van der Waals surface area contributed by atoms with Gasteiger partial charge in [0.1, 0.15) is 12.3 Å². The Balaban J connectivity index is 1.55. The molecule has 10 nitrogen and oxygen atoms in total. The summed E-state index contributed by atoms with van der Waals surface area (Å²) in [6.07, 6.45) is 3.28. The number of aromatic nitrogens is 5. The zero-order valence-corrected chi connectivity index (χ0v) is 19.6. The van der Waals surface area contributed by atoms with E-state index in [1.165, 1.54) is 7.11 Å². The van der Waals surface area contributed by atoms with Crippen molar-refractivity contribution >= 4 is 28.4 Å². The first-order valence-corrected chi connectivity index (χ1v) is 10.8. The van der Waals surface area contributed by atoms with Crippen LogP contribution in [-0.4, -0.2) is 50.3 Å². The Hall–Kier alpha value is -4.21. The zero-order chi connectivity index (χ0) is 24.1. The number of methoxy groups -OCH3 is 1. The summed E-state index contributed by atoms with van der Waals surface area (Å²) in [5.41, 5.74) is 5.99. The third kappa shape index (κ3) is 3.30. The second-order valence-electron chi connectivity index (χ2n) is 8.30. The standard InChI is InChI=1S/C24H24N6O4/c1-13-8-15(11-25-19(13)23(31)33-5)21-26-12-18-22(27-21)34-7-6-30(18)16-9-14(2)20-17(10-16)28(3)24(32)29(20)4/h8-12H,6-7H2,1-5H3. The lowest BCUT2D eigenvalue weighted by molar-refractivity contribution is 0.0593. The number of esters is 1. The highest BCUT2D eigenvalue weighted by Crippen LogP contribution is 2.37. The Labute approximate surface area is 195 Å². The van der Waals surface area contributed by atoms with E-state index in [-0.39, 0.29) is 11.4 Å². The molecule has 34 heavy (non-hydrogen) atoms. The van der Waals surface area contributed by atoms with E-state index in [0.29, 0.717) is 36.0 Å². The first-order valence-electron chi connectivity index (χ1n) is 10.8. The predicted molar refractivity (Wildman–Crippen MR) is 127 cm³/mol. The summed E-state index contributed by atoms with van der Waals surface area (Å²) in [5, 5.41) is 0. The molecule has 0 atom stereocenters. The number of fused-ring (bicyclic) bond motifs is 2. The Kier molecular flexibility index (Phi) is 5.07. The number of nitrogens with zero attached hydrogens (tertiary/aromatic N) is 6. The Bertz CT molecular complexity index is 1520. The van der Waals surface area contributed by atoms with Crippen molar-refractivity contribution in [1.82, 2.24) is 24.1 Å². The van der Waals surface area contributed by atoms with Crippen molar-refractivity contribution in [2.75, 3.05) is 25.2 Å². The molecule has 0 saturated heterocycles. The highest BCUT2D eigenvalue weighted by Gasteiger charge is 2.24. The van der Waals surface area contributed by atoms with Crippen molar-refractivity contribution in [3.63, 3.8) is 0 Å². The SMILES string of the molecule is COC(=O)c1ncc(-c2ncc3c(n2)OCCN3c2cc(C)c3c(c2)n(C)c(=O)n3C)cc1C. The highest BCUT2D eigenvalue weighted by molar-refractivity contribution is 5.89. The lowest BCUT2D eigenvalue weighted by atomic mass is 10.1. The zero-order valence-electron chi connectivity index (χ0n) is 19.6. The molecule has 0 bridgehead atoms. The molecule has 1 aliphatic rings. The summed E-state index contributed by atoms with van der Waals surface area (Å²) in [4.78, 5) is 39.8. The lowest BCUT2D eigenvalue weighted by Crippen LogP contribution is -2.29. The smallest absolute Gasteiger partial charge is 0.356 e. The van der Waals surface area contributed by atoms with Gasteiger partial charge in [-0.2, -0.15) is 4.98 Å². The van der Waals surface area contributed by atoms with Crippen molar-refractivity contribution in [2.24, 2.45) is 14.1 Å². The molecule has 0 unspecified atom stereocenters. The van der Waals surface area contributed by atoms with Crippen LogP contribution in [0.15, 0.2) is 35.4 Å². The van der Waals surface area contributed by atoms with Crippen LogP contribution in [0.4, 0.5) is 11.4 Å². The van der Waals surface area contributed by atoms with Gasteiger partial charge < -0.3 is 14.4 Å². The molecule has 0 N–H and O–H groups in total. The van der Waals surface area contributed by atoms with Crippen molar-refractivity contribution in [3.05, 3.63) is 57.9 Å². The van der Waals surface area contributed by atoms with Gasteiger partial charge in [-0.15, -0.1) is 0 Å². The van der Waals surface area contributed by atoms with Crippen LogP contribution in [0, 0.1) is 13.8 Å². The third-order valence-corrected chi connectivity index (χ3v) is 6.14. The number of hydrogen-bond donors (Lipinski definition) is 0. The van der Waals surface area contributed by atoms with Gasteiger partial charge in [0.2, 0.25) is 5.88 Å². The average Bonchev–Trinajstić information content (AvgIpc) is 3.06. The van der Waals surface area contributed by atoms with Crippen LogP contribution >= 0.6 is 0 Å². The second-order valence-corrected chi connectivity index (χ2v) is 8.30. The summed E-state index contributed by atoms with van der Waals surface area (Å²) in [7, 11) is 4.88. The van der Waals surface area contributed by atoms with Gasteiger partial charge in [-0.05, 0) is 43.2 Å². The highest BCUT2D eigenvalue weighted by atomic mass is 16.5. The fourth-order valence-electron chi connectivity index (χ4n) is 4.43. The molecule has 0 saturated carbocycles. The van der Waals surface area contributed by atoms with Crippen molar-refractivity contribution in [3.8, 4) is 17.3 Å². The Morgan fingerprint density at radius 3 is 2.59 bits per heavy atom. The molecular weight excluding hydrogens is 436 g/mol. The lowest BCUT2D eigenvalue weighted by Gasteiger charge is -2.30. The number of benzene rings is 1. The minimum absolute atomic E-state index is 0.0623. The van der Waals surface area contributed by atoms with Gasteiger partial charge in [0.15, 0.2) is 11.5 Å². The molecule has 1 aromatic carbocycles. The average molecular weight is 460 g/mol. The van der Waals surface area contributed by atoms with E-state index in [1.54, 1.807) is 48.6 Å². The van der Waals surface area contributed by atoms with E-state index < -0.39 is 5.97 Å². The summed E-state index contributed by atoms with van der Waals surface area (Å²) in [6.45, 7) is 4.86. The van der Waals surface area contributed by atoms with E-state index >= 15 is 0 Å². The minimum atomic E-state index is -0.488. The van der Waals surface area contributed by atoms with Gasteiger partial charge in [-0.3, -0.25) is 9.13 Å². The fraction of sp³-hybridized carbons (Fsp3) is 0.292. The molecule has 5 rings (SSSR count). The van der Waals surface area contributed by atoms with E-state index in [4.69, 9.17) is 9.47 Å². The van der Waals surface area contributed by atoms with Crippen molar-refractivity contribution in [2.45, 2.75) is 13.8 Å². The number of aryl methyl sites for hydroxylation is 4. The van der Waals surface area contributed by atoms with Gasteiger partial charge in [0.05, 0.1) is 30.9 Å². The molecule has 10 heteroatoms.